The molecule has 0 aromatic carbocycles. The molecule has 1 aromatic rings. The van der Waals surface area contributed by atoms with Gasteiger partial charge in [-0.1, -0.05) is 0 Å². The molecule has 2 amide bonds. The second-order valence-corrected chi connectivity index (χ2v) is 6.21. The van der Waals surface area contributed by atoms with Crippen LogP contribution >= 0.6 is 23.1 Å². The molecular formula is C11H13N3O4S2. The van der Waals surface area contributed by atoms with Gasteiger partial charge in [-0.15, -0.1) is 23.1 Å². The molecular weight excluding hydrogens is 302 g/mol. The highest BCUT2D eigenvalue weighted by molar-refractivity contribution is 8.00. The van der Waals surface area contributed by atoms with Crippen molar-refractivity contribution in [3.63, 3.8) is 0 Å². The molecule has 1 fully saturated rings. The molecule has 0 unspecified atom stereocenters. The summed E-state index contributed by atoms with van der Waals surface area (Å²) in [6.45, 7) is 1.82. The average Bonchev–Trinajstić information content (AvgIpc) is 2.94. The number of hydrogen-bond donors (Lipinski definition) is 2. The number of rotatable bonds is 5. The molecule has 1 saturated heterocycles. The van der Waals surface area contributed by atoms with E-state index in [9.17, 15) is 14.4 Å². The molecule has 0 radical (unpaired) electrons. The minimum atomic E-state index is -1.02. The zero-order valence-corrected chi connectivity index (χ0v) is 12.3. The Morgan fingerprint density at radius 1 is 1.50 bits per heavy atom. The molecule has 1 aromatic heterocycles. The topological polar surface area (TPSA) is 99.6 Å². The zero-order valence-electron chi connectivity index (χ0n) is 10.7. The molecule has 0 saturated carbocycles. The van der Waals surface area contributed by atoms with Crippen LogP contribution in [-0.2, 0) is 16.1 Å². The molecule has 0 atom stereocenters. The first-order chi connectivity index (χ1) is 9.47. The molecule has 7 nitrogen and oxygen atoms in total. The number of carboxylic acid groups (broad SMARTS) is 1. The predicted molar refractivity (Wildman–Crippen MR) is 74.7 cm³/mol. The van der Waals surface area contributed by atoms with Crippen molar-refractivity contribution in [1.82, 2.24) is 15.2 Å². The highest BCUT2D eigenvalue weighted by atomic mass is 32.2. The number of carbonyl (C=O) groups is 3. The maximum absolute atomic E-state index is 11.7. The van der Waals surface area contributed by atoms with Gasteiger partial charge in [0.05, 0.1) is 23.9 Å². The fourth-order valence-corrected chi connectivity index (χ4v) is 3.42. The minimum absolute atomic E-state index is 0.0297. The first kappa shape index (κ1) is 14.8. The highest BCUT2D eigenvalue weighted by Crippen LogP contribution is 2.18. The van der Waals surface area contributed by atoms with Gasteiger partial charge in [0.15, 0.2) is 0 Å². The van der Waals surface area contributed by atoms with E-state index in [2.05, 4.69) is 10.3 Å². The lowest BCUT2D eigenvalue weighted by molar-refractivity contribution is -0.132. The zero-order chi connectivity index (χ0) is 14.7. The second-order valence-electron chi connectivity index (χ2n) is 4.17. The van der Waals surface area contributed by atoms with Crippen molar-refractivity contribution in [2.75, 3.05) is 18.2 Å². The van der Waals surface area contributed by atoms with Crippen LogP contribution in [0.4, 0.5) is 0 Å². The monoisotopic (exact) mass is 315 g/mol. The van der Waals surface area contributed by atoms with Gasteiger partial charge < -0.3 is 15.3 Å². The van der Waals surface area contributed by atoms with E-state index < -0.39 is 5.97 Å². The van der Waals surface area contributed by atoms with E-state index in [1.807, 2.05) is 0 Å². The normalized spacial score (nSPS) is 14.7. The van der Waals surface area contributed by atoms with E-state index in [-0.39, 0.29) is 29.8 Å². The number of amides is 2. The molecule has 108 valence electrons. The Kier molecular flexibility index (Phi) is 4.61. The van der Waals surface area contributed by atoms with E-state index in [0.717, 1.165) is 11.3 Å². The second kappa shape index (κ2) is 6.23. The molecule has 2 rings (SSSR count). The smallest absolute Gasteiger partial charge is 0.347 e. The van der Waals surface area contributed by atoms with Gasteiger partial charge in [-0.2, -0.15) is 0 Å². The van der Waals surface area contributed by atoms with Crippen molar-refractivity contribution in [3.8, 4) is 0 Å². The van der Waals surface area contributed by atoms with Crippen molar-refractivity contribution in [2.24, 2.45) is 0 Å². The SMILES string of the molecule is Cc1nc(CNC(=O)CN2CSCC2=O)sc1C(=O)O. The number of thiazole rings is 1. The number of hydrogen-bond acceptors (Lipinski definition) is 6. The molecule has 2 N–H and O–H groups in total. The Morgan fingerprint density at radius 3 is 2.80 bits per heavy atom. The number of aromatic nitrogens is 1. The fraction of sp³-hybridized carbons (Fsp3) is 0.455. The molecule has 0 spiro atoms. The van der Waals surface area contributed by atoms with Crippen LogP contribution in [0, 0.1) is 6.92 Å². The number of nitrogens with one attached hydrogen (secondary N) is 1. The lowest BCUT2D eigenvalue weighted by Crippen LogP contribution is -2.37. The molecule has 9 heteroatoms. The van der Waals surface area contributed by atoms with Gasteiger partial charge in [0, 0.05) is 0 Å². The molecule has 1 aliphatic heterocycles. The summed E-state index contributed by atoms with van der Waals surface area (Å²) in [7, 11) is 0. The Labute approximate surface area is 123 Å². The van der Waals surface area contributed by atoms with Crippen LogP contribution < -0.4 is 5.32 Å². The molecule has 2 heterocycles. The lowest BCUT2D eigenvalue weighted by atomic mass is 10.4. The predicted octanol–water partition coefficient (Wildman–Crippen LogP) is 0.299. The summed E-state index contributed by atoms with van der Waals surface area (Å²) >= 11 is 2.52. The first-order valence-corrected chi connectivity index (χ1v) is 7.76. The van der Waals surface area contributed by atoms with Crippen molar-refractivity contribution in [1.29, 1.82) is 0 Å². The first-order valence-electron chi connectivity index (χ1n) is 5.79. The Bertz CT molecular complexity index is 558. The molecule has 0 aliphatic carbocycles. The average molecular weight is 315 g/mol. The van der Waals surface area contributed by atoms with Gasteiger partial charge >= 0.3 is 5.97 Å². The Balaban J connectivity index is 1.85. The van der Waals surface area contributed by atoms with E-state index in [1.54, 1.807) is 6.92 Å². The number of nitrogens with zero attached hydrogens (tertiary/aromatic N) is 2. The van der Waals surface area contributed by atoms with Crippen LogP contribution in [0.2, 0.25) is 0 Å². The van der Waals surface area contributed by atoms with Gasteiger partial charge in [0.2, 0.25) is 11.8 Å². The van der Waals surface area contributed by atoms with Crippen LogP contribution in [0.25, 0.3) is 0 Å². The maximum Gasteiger partial charge on any atom is 0.347 e. The number of carboxylic acids is 1. The summed E-state index contributed by atoms with van der Waals surface area (Å²) in [5, 5.41) is 12.1. The van der Waals surface area contributed by atoms with Gasteiger partial charge in [-0.25, -0.2) is 9.78 Å². The van der Waals surface area contributed by atoms with E-state index in [4.69, 9.17) is 5.11 Å². The van der Waals surface area contributed by atoms with Gasteiger partial charge in [-0.3, -0.25) is 9.59 Å². The van der Waals surface area contributed by atoms with E-state index in [0.29, 0.717) is 22.3 Å². The molecule has 0 bridgehead atoms. The van der Waals surface area contributed by atoms with Crippen molar-refractivity contribution in [2.45, 2.75) is 13.5 Å². The van der Waals surface area contributed by atoms with Crippen LogP contribution in [0.1, 0.15) is 20.4 Å². The lowest BCUT2D eigenvalue weighted by Gasteiger charge is -2.13. The number of aromatic carboxylic acids is 1. The standard InChI is InChI=1S/C11H13N3O4S2/c1-6-10(11(17)18)20-8(13-6)2-12-7(15)3-14-5-19-4-9(14)16/h2-5H2,1H3,(H,12,15)(H,17,18). The Morgan fingerprint density at radius 2 is 2.25 bits per heavy atom. The number of carbonyl (C=O) groups excluding carboxylic acids is 2. The summed E-state index contributed by atoms with van der Waals surface area (Å²) in [6, 6.07) is 0. The van der Waals surface area contributed by atoms with Crippen LogP contribution in [0.3, 0.4) is 0 Å². The van der Waals surface area contributed by atoms with Gasteiger partial charge in [-0.05, 0) is 6.92 Å². The third-order valence-corrected chi connectivity index (χ3v) is 4.72. The van der Waals surface area contributed by atoms with Crippen molar-refractivity contribution < 1.29 is 19.5 Å². The van der Waals surface area contributed by atoms with Crippen LogP contribution in [0.5, 0.6) is 0 Å². The third kappa shape index (κ3) is 3.48. The van der Waals surface area contributed by atoms with Gasteiger partial charge in [0.1, 0.15) is 16.4 Å². The molecule has 20 heavy (non-hydrogen) atoms. The van der Waals surface area contributed by atoms with E-state index >= 15 is 0 Å². The van der Waals surface area contributed by atoms with Gasteiger partial charge in [0.25, 0.3) is 0 Å². The minimum Gasteiger partial charge on any atom is -0.477 e. The largest absolute Gasteiger partial charge is 0.477 e. The maximum atomic E-state index is 11.7. The Hall–Kier alpha value is -1.61. The summed E-state index contributed by atoms with van der Waals surface area (Å²) in [5.41, 5.74) is 0.442. The summed E-state index contributed by atoms with van der Waals surface area (Å²) in [4.78, 5) is 39.7. The van der Waals surface area contributed by atoms with Crippen LogP contribution in [0.15, 0.2) is 0 Å². The fourth-order valence-electron chi connectivity index (χ4n) is 1.67. The van der Waals surface area contributed by atoms with E-state index in [1.165, 1.54) is 16.7 Å². The van der Waals surface area contributed by atoms with Crippen molar-refractivity contribution >= 4 is 40.9 Å². The van der Waals surface area contributed by atoms with Crippen molar-refractivity contribution in [3.05, 3.63) is 15.6 Å². The summed E-state index contributed by atoms with van der Waals surface area (Å²) < 4.78 is 0. The summed E-state index contributed by atoms with van der Waals surface area (Å²) in [6.07, 6.45) is 0. The summed E-state index contributed by atoms with van der Waals surface area (Å²) in [5.74, 6) is -0.376. The van der Waals surface area contributed by atoms with Crippen LogP contribution in [-0.4, -0.2) is 50.9 Å². The third-order valence-electron chi connectivity index (χ3n) is 2.63. The number of thioether (sulfide) groups is 1. The quantitative estimate of drug-likeness (QED) is 0.810. The number of aryl methyl sites for hydroxylation is 1. The molecule has 1 aliphatic rings. The highest BCUT2D eigenvalue weighted by Gasteiger charge is 2.23.